The van der Waals surface area contributed by atoms with Gasteiger partial charge in [-0.3, -0.25) is 9.80 Å². The molecule has 94 valence electrons. The van der Waals surface area contributed by atoms with Crippen molar-refractivity contribution in [1.29, 1.82) is 0 Å². The Morgan fingerprint density at radius 2 is 1.56 bits per heavy atom. The second-order valence-corrected chi connectivity index (χ2v) is 7.76. The van der Waals surface area contributed by atoms with E-state index < -0.39 is 0 Å². The van der Waals surface area contributed by atoms with E-state index in [1.807, 2.05) is 0 Å². The van der Waals surface area contributed by atoms with Crippen LogP contribution in [0.15, 0.2) is 0 Å². The summed E-state index contributed by atoms with van der Waals surface area (Å²) in [5.41, 5.74) is 0.818. The first-order valence-electron chi connectivity index (χ1n) is 6.67. The van der Waals surface area contributed by atoms with Gasteiger partial charge in [0, 0.05) is 24.7 Å². The van der Waals surface area contributed by atoms with Gasteiger partial charge in [-0.05, 0) is 38.5 Å². The van der Waals surface area contributed by atoms with Crippen molar-refractivity contribution >= 4 is 0 Å². The molecule has 2 unspecified atom stereocenters. The van der Waals surface area contributed by atoms with E-state index in [-0.39, 0.29) is 0 Å². The fourth-order valence-electron chi connectivity index (χ4n) is 2.99. The van der Waals surface area contributed by atoms with Crippen LogP contribution in [0.5, 0.6) is 0 Å². The largest absolute Gasteiger partial charge is 0.286 e. The molecule has 2 nitrogen and oxygen atoms in total. The Kier molecular flexibility index (Phi) is 2.87. The van der Waals surface area contributed by atoms with Crippen LogP contribution in [-0.2, 0) is 0 Å². The van der Waals surface area contributed by atoms with Gasteiger partial charge < -0.3 is 0 Å². The summed E-state index contributed by atoms with van der Waals surface area (Å²) in [6.45, 7) is 17.9. The lowest BCUT2D eigenvalue weighted by Crippen LogP contribution is -2.41. The molecule has 2 heteroatoms. The number of fused-ring (bicyclic) bond motifs is 1. The van der Waals surface area contributed by atoms with Crippen molar-refractivity contribution in [2.24, 2.45) is 11.3 Å². The molecular formula is C14H28N2. The van der Waals surface area contributed by atoms with Gasteiger partial charge in [0.05, 0.1) is 6.67 Å². The predicted molar refractivity (Wildman–Crippen MR) is 69.4 cm³/mol. The van der Waals surface area contributed by atoms with Crippen LogP contribution in [0.4, 0.5) is 0 Å². The van der Waals surface area contributed by atoms with Gasteiger partial charge in [0.1, 0.15) is 0 Å². The van der Waals surface area contributed by atoms with Gasteiger partial charge >= 0.3 is 0 Å². The van der Waals surface area contributed by atoms with Crippen LogP contribution in [0, 0.1) is 11.3 Å². The van der Waals surface area contributed by atoms with Crippen LogP contribution in [0.1, 0.15) is 48.0 Å². The smallest absolute Gasteiger partial charge is 0.0514 e. The number of rotatable bonds is 0. The van der Waals surface area contributed by atoms with Gasteiger partial charge in [-0.1, -0.05) is 20.8 Å². The van der Waals surface area contributed by atoms with E-state index in [1.165, 1.54) is 26.2 Å². The van der Waals surface area contributed by atoms with Crippen LogP contribution >= 0.6 is 0 Å². The molecule has 0 aromatic heterocycles. The monoisotopic (exact) mass is 224 g/mol. The Balaban J connectivity index is 1.96. The van der Waals surface area contributed by atoms with Gasteiger partial charge in [-0.15, -0.1) is 0 Å². The Labute approximate surface area is 101 Å². The molecule has 0 N–H and O–H groups in total. The summed E-state index contributed by atoms with van der Waals surface area (Å²) in [5, 5.41) is 0. The van der Waals surface area contributed by atoms with Crippen molar-refractivity contribution in [2.75, 3.05) is 19.8 Å². The molecule has 0 spiro atoms. The number of hydrogen-bond acceptors (Lipinski definition) is 2. The maximum absolute atomic E-state index is 2.70. The molecular weight excluding hydrogens is 196 g/mol. The van der Waals surface area contributed by atoms with Gasteiger partial charge in [0.25, 0.3) is 0 Å². The highest BCUT2D eigenvalue weighted by atomic mass is 15.4. The van der Waals surface area contributed by atoms with Crippen molar-refractivity contribution in [2.45, 2.75) is 59.5 Å². The average Bonchev–Trinajstić information content (AvgIpc) is 2.53. The molecule has 2 aliphatic heterocycles. The molecule has 0 radical (unpaired) electrons. The zero-order valence-corrected chi connectivity index (χ0v) is 11.9. The van der Waals surface area contributed by atoms with Crippen LogP contribution in [0.25, 0.3) is 0 Å². The van der Waals surface area contributed by atoms with Crippen LogP contribution in [-0.4, -0.2) is 41.1 Å². The molecule has 2 heterocycles. The van der Waals surface area contributed by atoms with Crippen molar-refractivity contribution in [3.8, 4) is 0 Å². The van der Waals surface area contributed by atoms with E-state index in [1.54, 1.807) is 0 Å². The van der Waals surface area contributed by atoms with E-state index >= 15 is 0 Å². The third-order valence-corrected chi connectivity index (χ3v) is 4.48. The first-order chi connectivity index (χ1) is 7.18. The zero-order valence-electron chi connectivity index (χ0n) is 11.9. The highest BCUT2D eigenvalue weighted by Crippen LogP contribution is 2.40. The molecule has 0 bridgehead atoms. The predicted octanol–water partition coefficient (Wildman–Crippen LogP) is 2.79. The fraction of sp³-hybridized carbons (Fsp3) is 1.00. The molecule has 2 saturated heterocycles. The third kappa shape index (κ3) is 2.28. The summed E-state index contributed by atoms with van der Waals surface area (Å²) >= 11 is 0. The van der Waals surface area contributed by atoms with Gasteiger partial charge in [0.2, 0.25) is 0 Å². The van der Waals surface area contributed by atoms with Gasteiger partial charge in [-0.25, -0.2) is 0 Å². The lowest BCUT2D eigenvalue weighted by Gasteiger charge is -2.33. The fourth-order valence-corrected chi connectivity index (χ4v) is 2.99. The molecule has 0 aliphatic carbocycles. The second-order valence-electron chi connectivity index (χ2n) is 7.76. The second kappa shape index (κ2) is 3.71. The normalized spacial score (nSPS) is 33.4. The van der Waals surface area contributed by atoms with E-state index in [0.29, 0.717) is 11.0 Å². The minimum atomic E-state index is 0.335. The first-order valence-corrected chi connectivity index (χ1v) is 6.67. The van der Waals surface area contributed by atoms with Crippen LogP contribution in [0.2, 0.25) is 0 Å². The lowest BCUT2D eigenvalue weighted by atomic mass is 9.79. The summed E-state index contributed by atoms with van der Waals surface area (Å²) in [6, 6.07) is 0.823. The summed E-state index contributed by atoms with van der Waals surface area (Å²) < 4.78 is 0. The Bertz CT molecular complexity index is 219. The highest BCUT2D eigenvalue weighted by Gasteiger charge is 2.44. The summed E-state index contributed by atoms with van der Waals surface area (Å²) in [4.78, 5) is 5.32. The standard InChI is InChI=1S/C14H28N2/c1-13(2,3)11-7-12-9-16(14(4,5)6)10-15(12)8-11/h11-12H,7-10H2,1-6H3. The van der Waals surface area contributed by atoms with Crippen molar-refractivity contribution in [3.63, 3.8) is 0 Å². The Morgan fingerprint density at radius 1 is 0.938 bits per heavy atom. The first kappa shape index (κ1) is 12.4. The quantitative estimate of drug-likeness (QED) is 0.624. The molecule has 0 saturated carbocycles. The summed E-state index contributed by atoms with van der Waals surface area (Å²) in [5.74, 6) is 0.889. The minimum absolute atomic E-state index is 0.335. The molecule has 2 fully saturated rings. The van der Waals surface area contributed by atoms with Gasteiger partial charge in [-0.2, -0.15) is 0 Å². The minimum Gasteiger partial charge on any atom is -0.286 e. The van der Waals surface area contributed by atoms with Crippen molar-refractivity contribution < 1.29 is 0 Å². The number of nitrogens with zero attached hydrogens (tertiary/aromatic N) is 2. The third-order valence-electron chi connectivity index (χ3n) is 4.48. The van der Waals surface area contributed by atoms with Crippen LogP contribution < -0.4 is 0 Å². The molecule has 2 aliphatic rings. The number of hydrogen-bond donors (Lipinski definition) is 0. The Hall–Kier alpha value is -0.0800. The molecule has 0 amide bonds. The summed E-state index contributed by atoms with van der Waals surface area (Å²) in [7, 11) is 0. The summed E-state index contributed by atoms with van der Waals surface area (Å²) in [6.07, 6.45) is 1.40. The molecule has 2 rings (SSSR count). The molecule has 0 aromatic carbocycles. The van der Waals surface area contributed by atoms with Gasteiger partial charge in [0.15, 0.2) is 0 Å². The Morgan fingerprint density at radius 3 is 2.00 bits per heavy atom. The molecule has 2 atom stereocenters. The van der Waals surface area contributed by atoms with E-state index in [4.69, 9.17) is 0 Å². The van der Waals surface area contributed by atoms with Crippen LogP contribution in [0.3, 0.4) is 0 Å². The maximum Gasteiger partial charge on any atom is 0.0514 e. The zero-order chi connectivity index (χ0) is 12.1. The molecule has 0 aromatic rings. The SMILES string of the molecule is CC(C)(C)C1CC2CN(C(C)(C)C)CN2C1. The maximum atomic E-state index is 2.70. The average molecular weight is 224 g/mol. The topological polar surface area (TPSA) is 6.48 Å². The van der Waals surface area contributed by atoms with E-state index in [0.717, 1.165) is 12.0 Å². The lowest BCUT2D eigenvalue weighted by molar-refractivity contribution is 0.126. The van der Waals surface area contributed by atoms with Crippen molar-refractivity contribution in [3.05, 3.63) is 0 Å². The van der Waals surface area contributed by atoms with E-state index in [2.05, 4.69) is 51.3 Å². The van der Waals surface area contributed by atoms with E-state index in [9.17, 15) is 0 Å². The van der Waals surface area contributed by atoms with Crippen molar-refractivity contribution in [1.82, 2.24) is 9.80 Å². The molecule has 16 heavy (non-hydrogen) atoms. The highest BCUT2D eigenvalue weighted by molar-refractivity contribution is 4.97.